The number of halogens is 2. The SMILES string of the molecule is CC(C)(S)N1CCC(F)(F)CC1. The van der Waals surface area contributed by atoms with Gasteiger partial charge in [0.2, 0.25) is 0 Å². The molecule has 1 nitrogen and oxygen atoms in total. The van der Waals surface area contributed by atoms with Crippen LogP contribution in [0.5, 0.6) is 0 Å². The lowest BCUT2D eigenvalue weighted by molar-refractivity contribution is -0.0632. The molecule has 0 aromatic rings. The molecule has 1 aliphatic rings. The van der Waals surface area contributed by atoms with Gasteiger partial charge in [-0.15, -0.1) is 0 Å². The van der Waals surface area contributed by atoms with Crippen LogP contribution >= 0.6 is 12.6 Å². The van der Waals surface area contributed by atoms with Gasteiger partial charge >= 0.3 is 0 Å². The zero-order chi connectivity index (χ0) is 9.41. The van der Waals surface area contributed by atoms with E-state index < -0.39 is 5.92 Å². The predicted molar refractivity (Wildman–Crippen MR) is 48.8 cm³/mol. The third-order valence-corrected chi connectivity index (χ3v) is 2.55. The van der Waals surface area contributed by atoms with Crippen molar-refractivity contribution in [3.8, 4) is 0 Å². The number of nitrogens with zero attached hydrogens (tertiary/aromatic N) is 1. The summed E-state index contributed by atoms with van der Waals surface area (Å²) in [6.07, 6.45) is -0.0615. The highest BCUT2D eigenvalue weighted by Crippen LogP contribution is 2.32. The van der Waals surface area contributed by atoms with E-state index in [1.54, 1.807) is 0 Å². The van der Waals surface area contributed by atoms with Gasteiger partial charge in [0.1, 0.15) is 0 Å². The summed E-state index contributed by atoms with van der Waals surface area (Å²) in [5, 5.41) is 0. The molecular weight excluding hydrogens is 180 g/mol. The van der Waals surface area contributed by atoms with Crippen LogP contribution in [-0.4, -0.2) is 28.8 Å². The summed E-state index contributed by atoms with van der Waals surface area (Å²) in [7, 11) is 0. The highest BCUT2D eigenvalue weighted by molar-refractivity contribution is 7.81. The van der Waals surface area contributed by atoms with E-state index in [4.69, 9.17) is 0 Å². The van der Waals surface area contributed by atoms with Gasteiger partial charge in [0, 0.05) is 25.9 Å². The molecule has 4 heteroatoms. The van der Waals surface area contributed by atoms with E-state index >= 15 is 0 Å². The molecule has 12 heavy (non-hydrogen) atoms. The summed E-state index contributed by atoms with van der Waals surface area (Å²) in [4.78, 5) is 1.71. The highest BCUT2D eigenvalue weighted by Gasteiger charge is 2.37. The predicted octanol–water partition coefficient (Wildman–Crippen LogP) is 2.38. The van der Waals surface area contributed by atoms with Crippen LogP contribution < -0.4 is 0 Å². The number of rotatable bonds is 1. The summed E-state index contributed by atoms with van der Waals surface area (Å²) < 4.78 is 25.4. The van der Waals surface area contributed by atoms with Gasteiger partial charge in [-0.2, -0.15) is 12.6 Å². The third-order valence-electron chi connectivity index (χ3n) is 2.27. The van der Waals surface area contributed by atoms with Crippen LogP contribution in [0.2, 0.25) is 0 Å². The van der Waals surface area contributed by atoms with Gasteiger partial charge in [0.15, 0.2) is 0 Å². The topological polar surface area (TPSA) is 3.24 Å². The summed E-state index contributed by atoms with van der Waals surface area (Å²) in [6, 6.07) is 0. The van der Waals surface area contributed by atoms with Crippen molar-refractivity contribution in [3.63, 3.8) is 0 Å². The van der Waals surface area contributed by atoms with E-state index in [9.17, 15) is 8.78 Å². The van der Waals surface area contributed by atoms with Crippen LogP contribution in [0.3, 0.4) is 0 Å². The molecule has 0 unspecified atom stereocenters. The molecule has 0 saturated carbocycles. The molecule has 1 saturated heterocycles. The van der Waals surface area contributed by atoms with Gasteiger partial charge in [-0.1, -0.05) is 0 Å². The molecule has 0 radical (unpaired) electrons. The van der Waals surface area contributed by atoms with Crippen LogP contribution in [0, 0.1) is 0 Å². The van der Waals surface area contributed by atoms with Crippen molar-refractivity contribution in [2.45, 2.75) is 37.5 Å². The number of likely N-dealkylation sites (tertiary alicyclic amines) is 1. The monoisotopic (exact) mass is 195 g/mol. The molecule has 0 atom stereocenters. The minimum Gasteiger partial charge on any atom is -0.289 e. The Hall–Kier alpha value is 0.170. The lowest BCUT2D eigenvalue weighted by atomic mass is 10.1. The van der Waals surface area contributed by atoms with E-state index in [1.165, 1.54) is 0 Å². The van der Waals surface area contributed by atoms with Crippen molar-refractivity contribution in [2.24, 2.45) is 0 Å². The molecule has 0 aromatic carbocycles. The van der Waals surface area contributed by atoms with Crippen molar-refractivity contribution in [1.82, 2.24) is 4.90 Å². The third kappa shape index (κ3) is 2.59. The van der Waals surface area contributed by atoms with E-state index in [0.717, 1.165) is 0 Å². The van der Waals surface area contributed by atoms with Gasteiger partial charge in [-0.25, -0.2) is 8.78 Å². The second-order valence-corrected chi connectivity index (χ2v) is 4.93. The largest absolute Gasteiger partial charge is 0.289 e. The quantitative estimate of drug-likeness (QED) is 0.629. The van der Waals surface area contributed by atoms with Crippen LogP contribution in [0.15, 0.2) is 0 Å². The lowest BCUT2D eigenvalue weighted by Gasteiger charge is -2.39. The van der Waals surface area contributed by atoms with Gasteiger partial charge in [0.05, 0.1) is 4.87 Å². The summed E-state index contributed by atoms with van der Waals surface area (Å²) in [5.74, 6) is -2.45. The van der Waals surface area contributed by atoms with Crippen molar-refractivity contribution in [1.29, 1.82) is 0 Å². The standard InChI is InChI=1S/C8H15F2NS/c1-7(2,12)11-5-3-8(9,10)4-6-11/h12H,3-6H2,1-2H3. The number of piperidine rings is 1. The maximum absolute atomic E-state index is 12.7. The minimum absolute atomic E-state index is 0.0308. The van der Waals surface area contributed by atoms with E-state index in [-0.39, 0.29) is 17.7 Å². The van der Waals surface area contributed by atoms with Gasteiger partial charge in [-0.3, -0.25) is 4.90 Å². The van der Waals surface area contributed by atoms with Crippen molar-refractivity contribution >= 4 is 12.6 Å². The van der Waals surface area contributed by atoms with Gasteiger partial charge < -0.3 is 0 Å². The molecule has 1 aliphatic heterocycles. The fourth-order valence-electron chi connectivity index (χ4n) is 1.38. The Morgan fingerprint density at radius 1 is 1.25 bits per heavy atom. The summed E-state index contributed by atoms with van der Waals surface area (Å²) >= 11 is 4.34. The fourth-order valence-corrected chi connectivity index (χ4v) is 1.58. The first kappa shape index (κ1) is 10.3. The zero-order valence-corrected chi connectivity index (χ0v) is 8.37. The van der Waals surface area contributed by atoms with Crippen LogP contribution in [-0.2, 0) is 0 Å². The molecule has 72 valence electrons. The molecule has 0 spiro atoms. The summed E-state index contributed by atoms with van der Waals surface area (Å²) in [6.45, 7) is 4.76. The molecular formula is C8H15F2NS. The Morgan fingerprint density at radius 2 is 1.67 bits per heavy atom. The molecule has 1 fully saturated rings. The molecule has 0 aromatic heterocycles. The Labute approximate surface area is 77.5 Å². The second-order valence-electron chi connectivity index (χ2n) is 3.84. The first-order chi connectivity index (χ1) is 5.31. The Balaban J connectivity index is 2.47. The normalized spacial score (nSPS) is 25.8. The van der Waals surface area contributed by atoms with Gasteiger partial charge in [-0.05, 0) is 13.8 Å². The van der Waals surface area contributed by atoms with E-state index in [1.807, 2.05) is 18.7 Å². The van der Waals surface area contributed by atoms with Crippen LogP contribution in [0.25, 0.3) is 0 Å². The lowest BCUT2D eigenvalue weighted by Crippen LogP contribution is -2.47. The van der Waals surface area contributed by atoms with Crippen LogP contribution in [0.1, 0.15) is 26.7 Å². The first-order valence-corrected chi connectivity index (χ1v) is 4.61. The van der Waals surface area contributed by atoms with Gasteiger partial charge in [0.25, 0.3) is 5.92 Å². The molecule has 0 aliphatic carbocycles. The number of hydrogen-bond donors (Lipinski definition) is 1. The first-order valence-electron chi connectivity index (χ1n) is 4.16. The number of alkyl halides is 2. The maximum Gasteiger partial charge on any atom is 0.250 e. The number of thiol groups is 1. The minimum atomic E-state index is -2.45. The smallest absolute Gasteiger partial charge is 0.250 e. The maximum atomic E-state index is 12.7. The Bertz CT molecular complexity index is 155. The molecule has 0 amide bonds. The molecule has 0 N–H and O–H groups in total. The molecule has 0 bridgehead atoms. The molecule has 1 rings (SSSR count). The molecule has 1 heterocycles. The van der Waals surface area contributed by atoms with Crippen molar-refractivity contribution < 1.29 is 8.78 Å². The zero-order valence-electron chi connectivity index (χ0n) is 7.48. The highest BCUT2D eigenvalue weighted by atomic mass is 32.1. The van der Waals surface area contributed by atoms with Crippen LogP contribution in [0.4, 0.5) is 8.78 Å². The summed E-state index contributed by atoms with van der Waals surface area (Å²) in [5.41, 5.74) is 0. The Morgan fingerprint density at radius 3 is 2.00 bits per heavy atom. The van der Waals surface area contributed by atoms with E-state index in [2.05, 4.69) is 12.6 Å². The average molecular weight is 195 g/mol. The Kier molecular flexibility index (Phi) is 2.69. The van der Waals surface area contributed by atoms with Crippen molar-refractivity contribution in [3.05, 3.63) is 0 Å². The second kappa shape index (κ2) is 3.14. The van der Waals surface area contributed by atoms with E-state index in [0.29, 0.717) is 13.1 Å². The fraction of sp³-hybridized carbons (Fsp3) is 1.00. The van der Waals surface area contributed by atoms with Crippen molar-refractivity contribution in [2.75, 3.05) is 13.1 Å². The number of hydrogen-bond acceptors (Lipinski definition) is 2. The average Bonchev–Trinajstić information content (AvgIpc) is 1.83.